The van der Waals surface area contributed by atoms with Crippen molar-refractivity contribution in [2.24, 2.45) is 0 Å². The van der Waals surface area contributed by atoms with Crippen LogP contribution in [0.1, 0.15) is 34.8 Å². The van der Waals surface area contributed by atoms with E-state index in [4.69, 9.17) is 16.3 Å². The van der Waals surface area contributed by atoms with Crippen molar-refractivity contribution < 1.29 is 9.53 Å². The maximum absolute atomic E-state index is 12.1. The third kappa shape index (κ3) is 4.33. The van der Waals surface area contributed by atoms with Crippen molar-refractivity contribution in [1.82, 2.24) is 0 Å². The summed E-state index contributed by atoms with van der Waals surface area (Å²) in [6.07, 6.45) is 2.14. The predicted molar refractivity (Wildman–Crippen MR) is 86.5 cm³/mol. The van der Waals surface area contributed by atoms with Crippen LogP contribution in [0, 0.1) is 6.92 Å². The third-order valence-corrected chi connectivity index (χ3v) is 3.56. The SMILES string of the molecule is CCCc1ccc(C(=O)COc2cc(Cl)ccc2C)cc1. The number of hydrogen-bond acceptors (Lipinski definition) is 2. The van der Waals surface area contributed by atoms with E-state index in [9.17, 15) is 4.79 Å². The molecule has 0 aromatic heterocycles. The summed E-state index contributed by atoms with van der Waals surface area (Å²) in [6, 6.07) is 13.1. The summed E-state index contributed by atoms with van der Waals surface area (Å²) in [7, 11) is 0. The summed E-state index contributed by atoms with van der Waals surface area (Å²) in [4.78, 5) is 12.1. The minimum Gasteiger partial charge on any atom is -0.485 e. The number of Topliss-reactive ketones (excluding diaryl/α,β-unsaturated/α-hetero) is 1. The van der Waals surface area contributed by atoms with E-state index in [1.54, 1.807) is 12.1 Å². The smallest absolute Gasteiger partial charge is 0.200 e. The van der Waals surface area contributed by atoms with Gasteiger partial charge in [0.1, 0.15) is 5.75 Å². The Bertz CT molecular complexity index is 618. The zero-order valence-electron chi connectivity index (χ0n) is 12.4. The van der Waals surface area contributed by atoms with E-state index in [0.717, 1.165) is 18.4 Å². The number of hydrogen-bond donors (Lipinski definition) is 0. The van der Waals surface area contributed by atoms with Crippen LogP contribution in [0.4, 0.5) is 0 Å². The van der Waals surface area contributed by atoms with Gasteiger partial charge in [0, 0.05) is 10.6 Å². The molecule has 0 unspecified atom stereocenters. The molecule has 0 amide bonds. The Labute approximate surface area is 130 Å². The van der Waals surface area contributed by atoms with E-state index in [1.807, 2.05) is 37.3 Å². The molecule has 110 valence electrons. The minimum absolute atomic E-state index is 0.0221. The number of benzene rings is 2. The molecule has 0 saturated heterocycles. The zero-order valence-corrected chi connectivity index (χ0v) is 13.1. The molecule has 0 spiro atoms. The van der Waals surface area contributed by atoms with Crippen LogP contribution in [0.5, 0.6) is 5.75 Å². The molecule has 0 saturated carbocycles. The molecule has 0 N–H and O–H groups in total. The van der Waals surface area contributed by atoms with Gasteiger partial charge in [0.25, 0.3) is 0 Å². The molecule has 2 aromatic rings. The quantitative estimate of drug-likeness (QED) is 0.712. The van der Waals surface area contributed by atoms with E-state index >= 15 is 0 Å². The van der Waals surface area contributed by atoms with Gasteiger partial charge in [-0.3, -0.25) is 4.79 Å². The maximum atomic E-state index is 12.1. The molecule has 0 heterocycles. The number of ketones is 1. The fourth-order valence-corrected chi connectivity index (χ4v) is 2.26. The maximum Gasteiger partial charge on any atom is 0.200 e. The van der Waals surface area contributed by atoms with Gasteiger partial charge >= 0.3 is 0 Å². The summed E-state index contributed by atoms with van der Waals surface area (Å²) in [6.45, 7) is 4.09. The molecule has 2 nitrogen and oxygen atoms in total. The Morgan fingerprint density at radius 2 is 1.86 bits per heavy atom. The van der Waals surface area contributed by atoms with Gasteiger partial charge in [-0.2, -0.15) is 0 Å². The number of halogens is 1. The van der Waals surface area contributed by atoms with Crippen molar-refractivity contribution in [1.29, 1.82) is 0 Å². The Morgan fingerprint density at radius 1 is 1.14 bits per heavy atom. The number of ether oxygens (including phenoxy) is 1. The van der Waals surface area contributed by atoms with Crippen molar-refractivity contribution in [2.75, 3.05) is 6.61 Å². The van der Waals surface area contributed by atoms with E-state index in [1.165, 1.54) is 5.56 Å². The second-order valence-electron chi connectivity index (χ2n) is 5.07. The summed E-state index contributed by atoms with van der Waals surface area (Å²) < 4.78 is 5.58. The fraction of sp³-hybridized carbons (Fsp3) is 0.278. The lowest BCUT2D eigenvalue weighted by Crippen LogP contribution is -2.12. The number of rotatable bonds is 6. The standard InChI is InChI=1S/C18H19ClO2/c1-3-4-14-6-8-15(9-7-14)17(20)12-21-18-11-16(19)10-5-13(18)2/h5-11H,3-4,12H2,1-2H3. The molecule has 3 heteroatoms. The molecule has 0 aliphatic carbocycles. The van der Waals surface area contributed by atoms with Crippen LogP contribution in [0.25, 0.3) is 0 Å². The van der Waals surface area contributed by atoms with Crippen LogP contribution in [0.3, 0.4) is 0 Å². The molecular formula is C18H19ClO2. The number of carbonyl (C=O) groups is 1. The van der Waals surface area contributed by atoms with E-state index < -0.39 is 0 Å². The van der Waals surface area contributed by atoms with Gasteiger partial charge in [0.05, 0.1) is 0 Å². The highest BCUT2D eigenvalue weighted by molar-refractivity contribution is 6.30. The molecule has 0 radical (unpaired) electrons. The van der Waals surface area contributed by atoms with Crippen LogP contribution in [0.15, 0.2) is 42.5 Å². The number of aryl methyl sites for hydroxylation is 2. The molecule has 2 rings (SSSR count). The molecule has 0 atom stereocenters. The van der Waals surface area contributed by atoms with Gasteiger partial charge in [-0.25, -0.2) is 0 Å². The Hall–Kier alpha value is -1.80. The first-order valence-corrected chi connectivity index (χ1v) is 7.49. The molecule has 2 aromatic carbocycles. The predicted octanol–water partition coefficient (Wildman–Crippen LogP) is 4.86. The second-order valence-corrected chi connectivity index (χ2v) is 5.51. The van der Waals surface area contributed by atoms with E-state index in [0.29, 0.717) is 16.3 Å². The summed E-state index contributed by atoms with van der Waals surface area (Å²) >= 11 is 5.93. The summed E-state index contributed by atoms with van der Waals surface area (Å²) in [5.74, 6) is 0.621. The molecule has 0 fully saturated rings. The van der Waals surface area contributed by atoms with Crippen LogP contribution in [-0.2, 0) is 6.42 Å². The monoisotopic (exact) mass is 302 g/mol. The lowest BCUT2D eigenvalue weighted by molar-refractivity contribution is 0.0921. The molecule has 0 aliphatic heterocycles. The second kappa shape index (κ2) is 7.28. The summed E-state index contributed by atoms with van der Waals surface area (Å²) in [5, 5.41) is 0.604. The average molecular weight is 303 g/mol. The van der Waals surface area contributed by atoms with Gasteiger partial charge in [0.15, 0.2) is 12.4 Å². The molecule has 0 bridgehead atoms. The Balaban J connectivity index is 1.99. The van der Waals surface area contributed by atoms with E-state index in [-0.39, 0.29) is 12.4 Å². The largest absolute Gasteiger partial charge is 0.485 e. The zero-order chi connectivity index (χ0) is 15.2. The average Bonchev–Trinajstić information content (AvgIpc) is 2.49. The lowest BCUT2D eigenvalue weighted by atomic mass is 10.1. The first kappa shape index (κ1) is 15.6. The first-order valence-electron chi connectivity index (χ1n) is 7.11. The van der Waals surface area contributed by atoms with Crippen molar-refractivity contribution >= 4 is 17.4 Å². The highest BCUT2D eigenvalue weighted by Crippen LogP contribution is 2.22. The van der Waals surface area contributed by atoms with Gasteiger partial charge < -0.3 is 4.74 Å². The highest BCUT2D eigenvalue weighted by atomic mass is 35.5. The van der Waals surface area contributed by atoms with Gasteiger partial charge in [0.2, 0.25) is 0 Å². The van der Waals surface area contributed by atoms with Crippen LogP contribution >= 0.6 is 11.6 Å². The van der Waals surface area contributed by atoms with E-state index in [2.05, 4.69) is 6.92 Å². The minimum atomic E-state index is -0.0302. The van der Waals surface area contributed by atoms with Crippen LogP contribution < -0.4 is 4.74 Å². The van der Waals surface area contributed by atoms with Gasteiger partial charge in [-0.15, -0.1) is 0 Å². The molecule has 21 heavy (non-hydrogen) atoms. The van der Waals surface area contributed by atoms with Crippen molar-refractivity contribution in [3.8, 4) is 5.75 Å². The normalized spacial score (nSPS) is 10.4. The van der Waals surface area contributed by atoms with Crippen molar-refractivity contribution in [3.05, 3.63) is 64.2 Å². The number of carbonyl (C=O) groups excluding carboxylic acids is 1. The van der Waals surface area contributed by atoms with Crippen LogP contribution in [0.2, 0.25) is 5.02 Å². The molecule has 0 aliphatic rings. The summed E-state index contributed by atoms with van der Waals surface area (Å²) in [5.41, 5.74) is 2.89. The Kier molecular flexibility index (Phi) is 5.40. The third-order valence-electron chi connectivity index (χ3n) is 3.32. The van der Waals surface area contributed by atoms with Gasteiger partial charge in [-0.05, 0) is 36.6 Å². The van der Waals surface area contributed by atoms with Gasteiger partial charge in [-0.1, -0.05) is 55.3 Å². The fourth-order valence-electron chi connectivity index (χ4n) is 2.10. The molecular weight excluding hydrogens is 284 g/mol. The van der Waals surface area contributed by atoms with Crippen LogP contribution in [-0.4, -0.2) is 12.4 Å². The lowest BCUT2D eigenvalue weighted by Gasteiger charge is -2.09. The Morgan fingerprint density at radius 3 is 2.52 bits per heavy atom. The first-order chi connectivity index (χ1) is 10.1. The topological polar surface area (TPSA) is 26.3 Å². The highest BCUT2D eigenvalue weighted by Gasteiger charge is 2.08. The van der Waals surface area contributed by atoms with Crippen molar-refractivity contribution in [3.63, 3.8) is 0 Å². The van der Waals surface area contributed by atoms with Crippen molar-refractivity contribution in [2.45, 2.75) is 26.7 Å².